The Kier molecular flexibility index (Phi) is 3.52. The maximum Gasteiger partial charge on any atom is 0.303 e. The van der Waals surface area contributed by atoms with Crippen molar-refractivity contribution >= 4 is 5.97 Å². The van der Waals surface area contributed by atoms with Gasteiger partial charge in [0.1, 0.15) is 0 Å². The lowest BCUT2D eigenvalue weighted by Crippen LogP contribution is -2.07. The molecule has 0 unspecified atom stereocenters. The van der Waals surface area contributed by atoms with Gasteiger partial charge in [-0.15, -0.1) is 0 Å². The quantitative estimate of drug-likeness (QED) is 0.698. The number of aryl methyl sites for hydroxylation is 1. The number of carboxylic acids is 1. The maximum atomic E-state index is 10.3. The van der Waals surface area contributed by atoms with Gasteiger partial charge in [-0.1, -0.05) is 0 Å². The van der Waals surface area contributed by atoms with Crippen LogP contribution in [0.25, 0.3) is 0 Å². The summed E-state index contributed by atoms with van der Waals surface area (Å²) in [7, 11) is 0. The summed E-state index contributed by atoms with van der Waals surface area (Å²) in [5.74, 6) is -0.795. The van der Waals surface area contributed by atoms with Crippen LogP contribution >= 0.6 is 0 Å². The fourth-order valence-electron chi connectivity index (χ4n) is 1.24. The van der Waals surface area contributed by atoms with E-state index < -0.39 is 5.97 Å². The van der Waals surface area contributed by atoms with E-state index >= 15 is 0 Å². The van der Waals surface area contributed by atoms with Crippen LogP contribution in [0, 0.1) is 0 Å². The summed E-state index contributed by atoms with van der Waals surface area (Å²) in [6.07, 6.45) is 2.49. The number of carbonyl (C=O) groups is 1. The van der Waals surface area contributed by atoms with Gasteiger partial charge in [-0.25, -0.2) is 0 Å². The van der Waals surface area contributed by atoms with Gasteiger partial charge in [0, 0.05) is 18.4 Å². The van der Waals surface area contributed by atoms with Crippen LogP contribution in [0.15, 0.2) is 18.3 Å². The summed E-state index contributed by atoms with van der Waals surface area (Å²) < 4.78 is 1.86. The zero-order valence-corrected chi connectivity index (χ0v) is 7.31. The summed E-state index contributed by atoms with van der Waals surface area (Å²) in [6.45, 7) is 0.608. The average molecular weight is 183 g/mol. The topological polar surface area (TPSA) is 62.5 Å². The molecule has 0 aliphatic heterocycles. The lowest BCUT2D eigenvalue weighted by atomic mass is 10.2. The highest BCUT2D eigenvalue weighted by Gasteiger charge is 2.02. The van der Waals surface area contributed by atoms with Crippen LogP contribution in [0.2, 0.25) is 0 Å². The third kappa shape index (κ3) is 2.91. The largest absolute Gasteiger partial charge is 0.481 e. The molecular formula is C9H13NO3. The van der Waals surface area contributed by atoms with E-state index in [0.717, 1.165) is 5.69 Å². The molecule has 0 fully saturated rings. The predicted molar refractivity (Wildman–Crippen MR) is 47.5 cm³/mol. The molecule has 1 aromatic heterocycles. The van der Waals surface area contributed by atoms with Crippen molar-refractivity contribution in [1.29, 1.82) is 0 Å². The number of aliphatic hydroxyl groups is 1. The molecule has 0 atom stereocenters. The Labute approximate surface area is 76.4 Å². The van der Waals surface area contributed by atoms with Crippen molar-refractivity contribution in [3.8, 4) is 0 Å². The van der Waals surface area contributed by atoms with Crippen molar-refractivity contribution in [2.24, 2.45) is 0 Å². The maximum absolute atomic E-state index is 10.3. The van der Waals surface area contributed by atoms with E-state index in [2.05, 4.69) is 0 Å². The smallest absolute Gasteiger partial charge is 0.303 e. The van der Waals surface area contributed by atoms with Crippen molar-refractivity contribution in [3.63, 3.8) is 0 Å². The van der Waals surface area contributed by atoms with Crippen LogP contribution in [0.1, 0.15) is 12.1 Å². The van der Waals surface area contributed by atoms with Gasteiger partial charge < -0.3 is 14.8 Å². The Morgan fingerprint density at radius 3 is 2.92 bits per heavy atom. The summed E-state index contributed by atoms with van der Waals surface area (Å²) >= 11 is 0. The highest BCUT2D eigenvalue weighted by Crippen LogP contribution is 2.05. The van der Waals surface area contributed by atoms with Gasteiger partial charge in [-0.05, 0) is 18.6 Å². The predicted octanol–water partition coefficient (Wildman–Crippen LogP) is 0.498. The third-order valence-electron chi connectivity index (χ3n) is 1.86. The highest BCUT2D eigenvalue weighted by molar-refractivity contribution is 5.66. The molecule has 1 heterocycles. The molecule has 4 heteroatoms. The molecule has 0 amide bonds. The average Bonchev–Trinajstić information content (AvgIpc) is 2.49. The molecule has 0 saturated carbocycles. The molecular weight excluding hydrogens is 170 g/mol. The van der Waals surface area contributed by atoms with E-state index in [1.807, 2.05) is 22.9 Å². The van der Waals surface area contributed by atoms with E-state index in [0.29, 0.717) is 13.0 Å². The molecule has 13 heavy (non-hydrogen) atoms. The van der Waals surface area contributed by atoms with Gasteiger partial charge >= 0.3 is 5.97 Å². The molecule has 1 aromatic rings. The minimum Gasteiger partial charge on any atom is -0.481 e. The van der Waals surface area contributed by atoms with Crippen LogP contribution in [-0.4, -0.2) is 27.4 Å². The number of carboxylic acid groups (broad SMARTS) is 1. The van der Waals surface area contributed by atoms with Gasteiger partial charge in [0.2, 0.25) is 0 Å². The molecule has 0 bridgehead atoms. The van der Waals surface area contributed by atoms with Gasteiger partial charge in [-0.3, -0.25) is 4.79 Å². The van der Waals surface area contributed by atoms with E-state index in [9.17, 15) is 4.79 Å². The molecule has 0 aromatic carbocycles. The molecule has 0 radical (unpaired) electrons. The second-order valence-electron chi connectivity index (χ2n) is 2.81. The number of rotatable bonds is 5. The molecule has 1 rings (SSSR count). The Bertz CT molecular complexity index is 280. The van der Waals surface area contributed by atoms with Gasteiger partial charge in [-0.2, -0.15) is 0 Å². The van der Waals surface area contributed by atoms with E-state index in [1.54, 1.807) is 0 Å². The first-order valence-corrected chi connectivity index (χ1v) is 4.20. The van der Waals surface area contributed by atoms with Gasteiger partial charge in [0.05, 0.1) is 13.0 Å². The van der Waals surface area contributed by atoms with Crippen molar-refractivity contribution in [2.75, 3.05) is 6.61 Å². The minimum absolute atomic E-state index is 0.0781. The number of aliphatic carboxylic acids is 1. The van der Waals surface area contributed by atoms with Crippen LogP contribution in [-0.2, 0) is 17.8 Å². The van der Waals surface area contributed by atoms with Crippen molar-refractivity contribution in [1.82, 2.24) is 4.57 Å². The summed E-state index contributed by atoms with van der Waals surface area (Å²) in [4.78, 5) is 10.3. The van der Waals surface area contributed by atoms with Gasteiger partial charge in [0.25, 0.3) is 0 Å². The van der Waals surface area contributed by atoms with E-state index in [-0.39, 0.29) is 13.0 Å². The molecule has 4 nitrogen and oxygen atoms in total. The number of aliphatic hydroxyl groups excluding tert-OH is 1. The summed E-state index contributed by atoms with van der Waals surface area (Å²) in [5, 5.41) is 17.2. The second kappa shape index (κ2) is 4.67. The van der Waals surface area contributed by atoms with Gasteiger partial charge in [0.15, 0.2) is 0 Å². The highest BCUT2D eigenvalue weighted by atomic mass is 16.4. The molecule has 0 aliphatic carbocycles. The Hall–Kier alpha value is -1.29. The fourth-order valence-corrected chi connectivity index (χ4v) is 1.24. The lowest BCUT2D eigenvalue weighted by Gasteiger charge is -2.05. The zero-order chi connectivity index (χ0) is 9.68. The zero-order valence-electron chi connectivity index (χ0n) is 7.31. The fraction of sp³-hybridized carbons (Fsp3) is 0.444. The van der Waals surface area contributed by atoms with Crippen LogP contribution in [0.3, 0.4) is 0 Å². The molecule has 0 saturated heterocycles. The lowest BCUT2D eigenvalue weighted by molar-refractivity contribution is -0.136. The van der Waals surface area contributed by atoms with E-state index in [4.69, 9.17) is 10.2 Å². The molecule has 0 spiro atoms. The minimum atomic E-state index is -0.795. The summed E-state index contributed by atoms with van der Waals surface area (Å²) in [6, 6.07) is 3.73. The van der Waals surface area contributed by atoms with Crippen molar-refractivity contribution < 1.29 is 15.0 Å². The Morgan fingerprint density at radius 1 is 1.54 bits per heavy atom. The normalized spacial score (nSPS) is 10.2. The summed E-state index contributed by atoms with van der Waals surface area (Å²) in [5.41, 5.74) is 0.955. The Morgan fingerprint density at radius 2 is 2.31 bits per heavy atom. The first-order valence-electron chi connectivity index (χ1n) is 4.20. The van der Waals surface area contributed by atoms with Crippen LogP contribution < -0.4 is 0 Å². The molecule has 0 aliphatic rings. The van der Waals surface area contributed by atoms with E-state index in [1.165, 1.54) is 0 Å². The number of nitrogens with zero attached hydrogens (tertiary/aromatic N) is 1. The van der Waals surface area contributed by atoms with Crippen LogP contribution in [0.5, 0.6) is 0 Å². The van der Waals surface area contributed by atoms with Crippen molar-refractivity contribution in [3.05, 3.63) is 24.0 Å². The standard InChI is InChI=1S/C9H13NO3/c11-7-6-10-5-1-2-8(10)3-4-9(12)13/h1-2,5,11H,3-4,6-7H2,(H,12,13). The molecule has 72 valence electrons. The number of hydrogen-bond acceptors (Lipinski definition) is 2. The van der Waals surface area contributed by atoms with Crippen molar-refractivity contribution in [2.45, 2.75) is 19.4 Å². The number of hydrogen-bond donors (Lipinski definition) is 2. The SMILES string of the molecule is O=C(O)CCc1cccn1CCO. The second-order valence-corrected chi connectivity index (χ2v) is 2.81. The number of aromatic nitrogens is 1. The first-order chi connectivity index (χ1) is 6.24. The van der Waals surface area contributed by atoms with Crippen LogP contribution in [0.4, 0.5) is 0 Å². The molecule has 2 N–H and O–H groups in total. The monoisotopic (exact) mass is 183 g/mol. The Balaban J connectivity index is 2.54. The first kappa shape index (κ1) is 9.80. The third-order valence-corrected chi connectivity index (χ3v) is 1.86.